The summed E-state index contributed by atoms with van der Waals surface area (Å²) in [4.78, 5) is 1.97. The molecule has 0 saturated carbocycles. The zero-order valence-corrected chi connectivity index (χ0v) is 13.3. The molecule has 0 amide bonds. The summed E-state index contributed by atoms with van der Waals surface area (Å²) in [5.41, 5.74) is 1.83. The molecule has 0 unspecified atom stereocenters. The van der Waals surface area contributed by atoms with Gasteiger partial charge in [0.25, 0.3) is 0 Å². The molecule has 0 aliphatic carbocycles. The van der Waals surface area contributed by atoms with Crippen LogP contribution in [0.3, 0.4) is 0 Å². The van der Waals surface area contributed by atoms with Crippen LogP contribution in [0.2, 0.25) is 0 Å². The molecule has 0 bridgehead atoms. The fraction of sp³-hybridized carbons (Fsp3) is 0.400. The topological polar surface area (TPSA) is 33.7 Å². The minimum Gasteiger partial charge on any atom is -0.497 e. The molecular formula is C15H20N2O2S. The van der Waals surface area contributed by atoms with E-state index in [4.69, 9.17) is 21.7 Å². The summed E-state index contributed by atoms with van der Waals surface area (Å²) in [6.45, 7) is 6.22. The lowest BCUT2D eigenvalue weighted by Gasteiger charge is -2.38. The van der Waals surface area contributed by atoms with E-state index >= 15 is 0 Å². The predicted octanol–water partition coefficient (Wildman–Crippen LogP) is 3.08. The van der Waals surface area contributed by atoms with Crippen molar-refractivity contribution in [3.8, 4) is 11.5 Å². The normalized spacial score (nSPS) is 17.4. The van der Waals surface area contributed by atoms with Crippen LogP contribution in [-0.2, 0) is 0 Å². The van der Waals surface area contributed by atoms with Gasteiger partial charge >= 0.3 is 0 Å². The van der Waals surface area contributed by atoms with E-state index in [9.17, 15) is 0 Å². The highest BCUT2D eigenvalue weighted by Crippen LogP contribution is 2.36. The van der Waals surface area contributed by atoms with E-state index in [-0.39, 0.29) is 5.54 Å². The van der Waals surface area contributed by atoms with Gasteiger partial charge in [-0.05, 0) is 51.2 Å². The van der Waals surface area contributed by atoms with Crippen molar-refractivity contribution >= 4 is 23.0 Å². The average molecular weight is 292 g/mol. The van der Waals surface area contributed by atoms with Gasteiger partial charge in [0.15, 0.2) is 5.11 Å². The Labute approximate surface area is 125 Å². The zero-order valence-electron chi connectivity index (χ0n) is 12.5. The molecule has 108 valence electrons. The molecule has 20 heavy (non-hydrogen) atoms. The minimum atomic E-state index is -0.141. The summed E-state index contributed by atoms with van der Waals surface area (Å²) in [5.74, 6) is 1.48. The maximum Gasteiger partial charge on any atom is 0.178 e. The van der Waals surface area contributed by atoms with Gasteiger partial charge in [-0.2, -0.15) is 0 Å². The van der Waals surface area contributed by atoms with Crippen molar-refractivity contribution < 1.29 is 9.47 Å². The largest absolute Gasteiger partial charge is 0.497 e. The monoisotopic (exact) mass is 292 g/mol. The van der Waals surface area contributed by atoms with Gasteiger partial charge in [-0.1, -0.05) is 0 Å². The lowest BCUT2D eigenvalue weighted by Crippen LogP contribution is -2.53. The summed E-state index contributed by atoms with van der Waals surface area (Å²) >= 11 is 5.49. The Kier molecular flexibility index (Phi) is 3.90. The van der Waals surface area contributed by atoms with E-state index in [0.717, 1.165) is 22.9 Å². The predicted molar refractivity (Wildman–Crippen MR) is 85.6 cm³/mol. The Morgan fingerprint density at radius 1 is 1.20 bits per heavy atom. The third-order valence-corrected chi connectivity index (χ3v) is 3.47. The maximum atomic E-state index is 5.49. The number of nitrogens with zero attached hydrogens (tertiary/aromatic N) is 1. The second kappa shape index (κ2) is 5.32. The molecule has 2 rings (SSSR count). The SMILES string of the molecule is COc1ccc(N2C(=S)NC(C)(C)C=C2C)c(OC)c1. The molecule has 0 atom stereocenters. The summed E-state index contributed by atoms with van der Waals surface area (Å²) in [5, 5.41) is 3.97. The first-order valence-corrected chi connectivity index (χ1v) is 6.82. The molecule has 5 heteroatoms. The second-order valence-corrected chi connectivity index (χ2v) is 5.70. The van der Waals surface area contributed by atoms with E-state index in [1.807, 2.05) is 30.0 Å². The van der Waals surface area contributed by atoms with Crippen molar-refractivity contribution in [1.82, 2.24) is 5.32 Å². The Bertz CT molecular complexity index is 567. The first kappa shape index (κ1) is 14.7. The fourth-order valence-electron chi connectivity index (χ4n) is 2.38. The van der Waals surface area contributed by atoms with Gasteiger partial charge in [0.1, 0.15) is 11.5 Å². The van der Waals surface area contributed by atoms with Crippen LogP contribution < -0.4 is 19.7 Å². The van der Waals surface area contributed by atoms with Crippen LogP contribution in [0, 0.1) is 0 Å². The van der Waals surface area contributed by atoms with Gasteiger partial charge in [-0.25, -0.2) is 0 Å². The first-order chi connectivity index (χ1) is 9.38. The number of methoxy groups -OCH3 is 2. The average Bonchev–Trinajstić information content (AvgIpc) is 2.36. The molecule has 1 aromatic carbocycles. The highest BCUT2D eigenvalue weighted by molar-refractivity contribution is 7.80. The molecule has 0 radical (unpaired) electrons. The van der Waals surface area contributed by atoms with Crippen molar-refractivity contribution in [3.05, 3.63) is 30.0 Å². The Morgan fingerprint density at radius 2 is 1.90 bits per heavy atom. The van der Waals surface area contributed by atoms with Gasteiger partial charge in [-0.3, -0.25) is 4.90 Å². The highest BCUT2D eigenvalue weighted by Gasteiger charge is 2.29. The molecular weight excluding hydrogens is 272 g/mol. The number of allylic oxidation sites excluding steroid dienone is 1. The van der Waals surface area contributed by atoms with Gasteiger partial charge in [0.2, 0.25) is 0 Å². The molecule has 1 aliphatic rings. The van der Waals surface area contributed by atoms with Crippen LogP contribution in [0.4, 0.5) is 5.69 Å². The van der Waals surface area contributed by atoms with E-state index in [0.29, 0.717) is 5.11 Å². The molecule has 0 spiro atoms. The molecule has 4 nitrogen and oxygen atoms in total. The van der Waals surface area contributed by atoms with Crippen LogP contribution >= 0.6 is 12.2 Å². The Hall–Kier alpha value is -1.75. The van der Waals surface area contributed by atoms with E-state index < -0.39 is 0 Å². The summed E-state index contributed by atoms with van der Waals surface area (Å²) < 4.78 is 10.7. The number of thiocarbonyl (C=S) groups is 1. The molecule has 1 heterocycles. The number of hydrogen-bond acceptors (Lipinski definition) is 3. The molecule has 1 N–H and O–H groups in total. The third-order valence-electron chi connectivity index (χ3n) is 3.18. The minimum absolute atomic E-state index is 0.141. The van der Waals surface area contributed by atoms with Gasteiger partial charge < -0.3 is 14.8 Å². The summed E-state index contributed by atoms with van der Waals surface area (Å²) in [6, 6.07) is 5.69. The van der Waals surface area contributed by atoms with Crippen molar-refractivity contribution in [2.75, 3.05) is 19.1 Å². The molecule has 0 saturated heterocycles. The number of ether oxygens (including phenoxy) is 2. The van der Waals surface area contributed by atoms with Crippen LogP contribution in [0.15, 0.2) is 30.0 Å². The van der Waals surface area contributed by atoms with Crippen molar-refractivity contribution in [1.29, 1.82) is 0 Å². The number of benzene rings is 1. The lowest BCUT2D eigenvalue weighted by molar-refractivity contribution is 0.395. The molecule has 1 aliphatic heterocycles. The van der Waals surface area contributed by atoms with Gasteiger partial charge in [0.05, 0.1) is 25.4 Å². The van der Waals surface area contributed by atoms with Crippen LogP contribution in [0.25, 0.3) is 0 Å². The van der Waals surface area contributed by atoms with Crippen molar-refractivity contribution in [2.45, 2.75) is 26.3 Å². The standard InChI is InChI=1S/C15H20N2O2S/c1-10-9-15(2,3)16-14(20)17(10)12-7-6-11(18-4)8-13(12)19-5/h6-9H,1-5H3,(H,16,20). The zero-order chi connectivity index (χ0) is 14.9. The molecule has 0 aromatic heterocycles. The number of rotatable bonds is 3. The Balaban J connectivity index is 2.48. The number of nitrogens with one attached hydrogen (secondary N) is 1. The van der Waals surface area contributed by atoms with E-state index in [2.05, 4.69) is 25.2 Å². The first-order valence-electron chi connectivity index (χ1n) is 6.42. The second-order valence-electron chi connectivity index (χ2n) is 5.31. The van der Waals surface area contributed by atoms with Gasteiger partial charge in [0, 0.05) is 11.8 Å². The maximum absolute atomic E-state index is 5.49. The molecule has 0 fully saturated rings. The lowest BCUT2D eigenvalue weighted by atomic mass is 10.0. The smallest absolute Gasteiger partial charge is 0.178 e. The quantitative estimate of drug-likeness (QED) is 0.866. The van der Waals surface area contributed by atoms with Crippen LogP contribution in [0.1, 0.15) is 20.8 Å². The van der Waals surface area contributed by atoms with Crippen molar-refractivity contribution in [2.24, 2.45) is 0 Å². The third kappa shape index (κ3) is 2.72. The van der Waals surface area contributed by atoms with Crippen LogP contribution in [-0.4, -0.2) is 24.9 Å². The summed E-state index contributed by atoms with van der Waals surface area (Å²) in [7, 11) is 3.27. The Morgan fingerprint density at radius 3 is 2.45 bits per heavy atom. The van der Waals surface area contributed by atoms with Crippen molar-refractivity contribution in [3.63, 3.8) is 0 Å². The fourth-order valence-corrected chi connectivity index (χ4v) is 2.89. The highest BCUT2D eigenvalue weighted by atomic mass is 32.1. The molecule has 1 aromatic rings. The van der Waals surface area contributed by atoms with E-state index in [1.165, 1.54) is 0 Å². The number of hydrogen-bond donors (Lipinski definition) is 1. The van der Waals surface area contributed by atoms with Gasteiger partial charge in [-0.15, -0.1) is 0 Å². The summed E-state index contributed by atoms with van der Waals surface area (Å²) in [6.07, 6.45) is 2.15. The number of anilines is 1. The van der Waals surface area contributed by atoms with Crippen LogP contribution in [0.5, 0.6) is 11.5 Å². The van der Waals surface area contributed by atoms with E-state index in [1.54, 1.807) is 14.2 Å².